The zero-order chi connectivity index (χ0) is 25.1. The lowest BCUT2D eigenvalue weighted by Crippen LogP contribution is -2.48. The smallest absolute Gasteiger partial charge is 0.0613 e. The molecule has 0 aliphatic heterocycles. The summed E-state index contributed by atoms with van der Waals surface area (Å²) in [6.07, 6.45) is 10.6. The lowest BCUT2D eigenvalue weighted by atomic mass is 9.68. The summed E-state index contributed by atoms with van der Waals surface area (Å²) < 4.78 is 13.0. The van der Waals surface area contributed by atoms with Crippen molar-refractivity contribution in [3.05, 3.63) is 0 Å². The largest absolute Gasteiger partial charge is 0.381 e. The van der Waals surface area contributed by atoms with E-state index in [9.17, 15) is 0 Å². The number of ether oxygens (including phenoxy) is 2. The highest BCUT2D eigenvalue weighted by atomic mass is 28.3. The molecule has 0 aromatic rings. The Bertz CT molecular complexity index is 454. The van der Waals surface area contributed by atoms with Gasteiger partial charge in [-0.1, -0.05) is 111 Å². The van der Waals surface area contributed by atoms with Crippen molar-refractivity contribution in [2.75, 3.05) is 26.4 Å². The second kappa shape index (κ2) is 15.3. The molecule has 33 heavy (non-hydrogen) atoms. The summed E-state index contributed by atoms with van der Waals surface area (Å²) in [7, 11) is -1.44. The topological polar surface area (TPSA) is 18.5 Å². The van der Waals surface area contributed by atoms with Crippen molar-refractivity contribution in [2.24, 2.45) is 23.2 Å². The fourth-order valence-corrected chi connectivity index (χ4v) is 13.5. The molecule has 2 nitrogen and oxygen atoms in total. The average molecular weight is 483 g/mol. The van der Waals surface area contributed by atoms with E-state index < -0.39 is 8.07 Å². The van der Waals surface area contributed by atoms with E-state index in [1.807, 2.05) is 0 Å². The van der Waals surface area contributed by atoms with Crippen LogP contribution >= 0.6 is 0 Å². The molecule has 0 heterocycles. The summed E-state index contributed by atoms with van der Waals surface area (Å²) in [6.45, 7) is 28.0. The molecule has 0 saturated heterocycles. The maximum absolute atomic E-state index is 6.52. The van der Waals surface area contributed by atoms with E-state index in [2.05, 4.69) is 69.2 Å². The van der Waals surface area contributed by atoms with Crippen LogP contribution in [0.25, 0.3) is 0 Å². The molecule has 0 spiro atoms. The van der Waals surface area contributed by atoms with Crippen molar-refractivity contribution in [2.45, 2.75) is 143 Å². The molecule has 3 heteroatoms. The van der Waals surface area contributed by atoms with Crippen LogP contribution in [0.5, 0.6) is 0 Å². The predicted molar refractivity (Wildman–Crippen MR) is 150 cm³/mol. The Balaban J connectivity index is 3.17. The number of rotatable bonds is 17. The fourth-order valence-electron chi connectivity index (χ4n) is 6.86. The van der Waals surface area contributed by atoms with Gasteiger partial charge in [0.05, 0.1) is 21.3 Å². The van der Waals surface area contributed by atoms with Crippen LogP contribution in [0.1, 0.15) is 121 Å². The molecule has 0 aromatic carbocycles. The monoisotopic (exact) mass is 482 g/mol. The average Bonchev–Trinajstić information content (AvgIpc) is 2.73. The van der Waals surface area contributed by atoms with E-state index in [0.717, 1.165) is 61.8 Å². The Morgan fingerprint density at radius 1 is 0.667 bits per heavy atom. The fraction of sp³-hybridized carbons (Fsp3) is 1.00. The van der Waals surface area contributed by atoms with Crippen LogP contribution in [-0.4, -0.2) is 34.5 Å². The third kappa shape index (κ3) is 9.60. The van der Waals surface area contributed by atoms with E-state index in [1.54, 1.807) is 0 Å². The Hall–Kier alpha value is 0.137. The maximum atomic E-state index is 6.52. The van der Waals surface area contributed by atoms with Gasteiger partial charge in [0.25, 0.3) is 0 Å². The van der Waals surface area contributed by atoms with Gasteiger partial charge >= 0.3 is 0 Å². The molecular weight excluding hydrogens is 420 g/mol. The molecule has 1 saturated carbocycles. The van der Waals surface area contributed by atoms with Gasteiger partial charge in [0.15, 0.2) is 0 Å². The zero-order valence-electron chi connectivity index (χ0n) is 24.5. The Morgan fingerprint density at radius 2 is 1.09 bits per heavy atom. The zero-order valence-corrected chi connectivity index (χ0v) is 25.5. The van der Waals surface area contributed by atoms with E-state index in [0.29, 0.717) is 11.8 Å². The van der Waals surface area contributed by atoms with Crippen molar-refractivity contribution in [1.29, 1.82) is 0 Å². The minimum absolute atomic E-state index is 0.200. The van der Waals surface area contributed by atoms with Gasteiger partial charge in [0.1, 0.15) is 0 Å². The van der Waals surface area contributed by atoms with Gasteiger partial charge in [-0.3, -0.25) is 0 Å². The molecule has 1 aliphatic carbocycles. The first-order valence-corrected chi connectivity index (χ1v) is 17.1. The van der Waals surface area contributed by atoms with Crippen LogP contribution in [-0.2, 0) is 9.47 Å². The third-order valence-corrected chi connectivity index (χ3v) is 16.8. The molecule has 0 N–H and O–H groups in total. The first kappa shape index (κ1) is 31.2. The lowest BCUT2D eigenvalue weighted by molar-refractivity contribution is -0.0697. The molecule has 198 valence electrons. The van der Waals surface area contributed by atoms with Gasteiger partial charge in [-0.25, -0.2) is 0 Å². The standard InChI is InChI=1S/C30H62O2Si/c1-24(2)16-19-31-22-30(23-32-20-17-25(3)4,29-14-12-11-13-15-29)18-21-33(26(5)6,27(7)8)28(9)10/h24-29H,11-23H2,1-10H3. The highest BCUT2D eigenvalue weighted by Crippen LogP contribution is 2.50. The summed E-state index contributed by atoms with van der Waals surface area (Å²) in [5.41, 5.74) is 2.67. The van der Waals surface area contributed by atoms with Crippen LogP contribution < -0.4 is 0 Å². The van der Waals surface area contributed by atoms with Crippen LogP contribution in [0.4, 0.5) is 0 Å². The Kier molecular flexibility index (Phi) is 14.4. The Labute approximate surface area is 210 Å². The molecule has 0 unspecified atom stereocenters. The molecule has 1 rings (SSSR count). The van der Waals surface area contributed by atoms with Crippen molar-refractivity contribution in [3.8, 4) is 0 Å². The van der Waals surface area contributed by atoms with Gasteiger partial charge in [0, 0.05) is 18.6 Å². The summed E-state index contributed by atoms with van der Waals surface area (Å²) in [5, 5.41) is 0. The summed E-state index contributed by atoms with van der Waals surface area (Å²) in [4.78, 5) is 0. The SMILES string of the molecule is CC(C)CCOCC(CC[Si](C(C)C)(C(C)C)C(C)C)(COCCC(C)C)C1CCCCC1. The molecule has 0 aromatic heterocycles. The molecular formula is C30H62O2Si. The summed E-state index contributed by atoms with van der Waals surface area (Å²) in [5.74, 6) is 2.18. The molecule has 0 bridgehead atoms. The predicted octanol–water partition coefficient (Wildman–Crippen LogP) is 9.75. The molecule has 0 radical (unpaired) electrons. The van der Waals surface area contributed by atoms with Crippen LogP contribution in [0.15, 0.2) is 0 Å². The van der Waals surface area contributed by atoms with Crippen molar-refractivity contribution >= 4 is 8.07 Å². The van der Waals surface area contributed by atoms with Gasteiger partial charge in [-0.05, 0) is 49.9 Å². The maximum Gasteiger partial charge on any atom is 0.0613 e. The van der Waals surface area contributed by atoms with E-state index in [1.165, 1.54) is 44.6 Å². The van der Waals surface area contributed by atoms with E-state index >= 15 is 0 Å². The van der Waals surface area contributed by atoms with Crippen molar-refractivity contribution in [1.82, 2.24) is 0 Å². The van der Waals surface area contributed by atoms with Crippen LogP contribution in [0, 0.1) is 23.2 Å². The summed E-state index contributed by atoms with van der Waals surface area (Å²) >= 11 is 0. The first-order chi connectivity index (χ1) is 15.5. The van der Waals surface area contributed by atoms with Crippen molar-refractivity contribution < 1.29 is 9.47 Å². The van der Waals surface area contributed by atoms with E-state index in [4.69, 9.17) is 9.47 Å². The van der Waals surface area contributed by atoms with Crippen LogP contribution in [0.3, 0.4) is 0 Å². The van der Waals surface area contributed by atoms with Gasteiger partial charge in [-0.15, -0.1) is 0 Å². The second-order valence-corrected chi connectivity index (χ2v) is 19.4. The normalized spacial score (nSPS) is 16.8. The minimum atomic E-state index is -1.44. The number of hydrogen-bond donors (Lipinski definition) is 0. The molecule has 0 atom stereocenters. The van der Waals surface area contributed by atoms with Crippen molar-refractivity contribution in [3.63, 3.8) is 0 Å². The van der Waals surface area contributed by atoms with Crippen LogP contribution in [0.2, 0.25) is 22.7 Å². The van der Waals surface area contributed by atoms with E-state index in [-0.39, 0.29) is 5.41 Å². The third-order valence-electron chi connectivity index (χ3n) is 9.21. The highest BCUT2D eigenvalue weighted by Gasteiger charge is 2.47. The Morgan fingerprint density at radius 3 is 1.45 bits per heavy atom. The molecule has 0 amide bonds. The summed E-state index contributed by atoms with van der Waals surface area (Å²) in [6, 6.07) is 1.43. The highest BCUT2D eigenvalue weighted by molar-refractivity contribution is 6.83. The van der Waals surface area contributed by atoms with Gasteiger partial charge < -0.3 is 9.47 Å². The molecule has 1 aliphatic rings. The molecule has 1 fully saturated rings. The first-order valence-electron chi connectivity index (χ1n) is 14.6. The quantitative estimate of drug-likeness (QED) is 0.152. The number of hydrogen-bond acceptors (Lipinski definition) is 2. The minimum Gasteiger partial charge on any atom is -0.381 e. The van der Waals surface area contributed by atoms with Gasteiger partial charge in [-0.2, -0.15) is 0 Å². The lowest BCUT2D eigenvalue weighted by Gasteiger charge is -2.48. The van der Waals surface area contributed by atoms with Gasteiger partial charge in [0.2, 0.25) is 0 Å². The second-order valence-electron chi connectivity index (χ2n) is 13.2.